The van der Waals surface area contributed by atoms with E-state index in [0.717, 1.165) is 15.2 Å². The highest BCUT2D eigenvalue weighted by atomic mass is 35.5. The molecule has 4 heteroatoms. The van der Waals surface area contributed by atoms with Crippen LogP contribution in [0.4, 0.5) is 0 Å². The lowest BCUT2D eigenvalue weighted by molar-refractivity contribution is 0.587. The third-order valence-electron chi connectivity index (χ3n) is 1.88. The molecule has 0 atom stereocenters. The van der Waals surface area contributed by atoms with E-state index in [-0.39, 0.29) is 5.41 Å². The molecule has 0 fully saturated rings. The second kappa shape index (κ2) is 3.17. The molecule has 0 aliphatic carbocycles. The number of aromatic nitrogens is 2. The number of hydrogen-bond acceptors (Lipinski definition) is 3. The molecule has 0 unspecified atom stereocenters. The molecule has 14 heavy (non-hydrogen) atoms. The molecule has 2 nitrogen and oxygen atoms in total. The molecule has 2 heterocycles. The van der Waals surface area contributed by atoms with Gasteiger partial charge >= 0.3 is 0 Å². The van der Waals surface area contributed by atoms with Crippen molar-refractivity contribution in [2.45, 2.75) is 26.2 Å². The Labute approximate surface area is 92.0 Å². The van der Waals surface area contributed by atoms with Crippen LogP contribution < -0.4 is 0 Å². The minimum atomic E-state index is 0.0934. The fourth-order valence-electron chi connectivity index (χ4n) is 1.13. The zero-order chi connectivity index (χ0) is 10.3. The standard InChI is InChI=1S/C10H11ClN2S/c1-10(2,3)9-13-6-4-8(11)12-5-7(6)14-9/h4-5H,1-3H3. The summed E-state index contributed by atoms with van der Waals surface area (Å²) in [6, 6.07) is 1.81. The molecule has 0 saturated carbocycles. The maximum Gasteiger partial charge on any atom is 0.131 e. The molecule has 0 spiro atoms. The van der Waals surface area contributed by atoms with Gasteiger partial charge in [-0.25, -0.2) is 9.97 Å². The molecular weight excluding hydrogens is 216 g/mol. The molecule has 2 aromatic rings. The van der Waals surface area contributed by atoms with Gasteiger partial charge in [-0.2, -0.15) is 0 Å². The molecule has 2 aromatic heterocycles. The van der Waals surface area contributed by atoms with Crippen molar-refractivity contribution in [3.63, 3.8) is 0 Å². The third kappa shape index (κ3) is 1.74. The van der Waals surface area contributed by atoms with Gasteiger partial charge in [-0.05, 0) is 0 Å². The lowest BCUT2D eigenvalue weighted by Gasteiger charge is -2.13. The van der Waals surface area contributed by atoms with Gasteiger partial charge < -0.3 is 0 Å². The average molecular weight is 227 g/mol. The van der Waals surface area contributed by atoms with Crippen LogP contribution >= 0.6 is 22.9 Å². The lowest BCUT2D eigenvalue weighted by atomic mass is 9.98. The number of hydrogen-bond donors (Lipinski definition) is 0. The highest BCUT2D eigenvalue weighted by Crippen LogP contribution is 2.31. The summed E-state index contributed by atoms with van der Waals surface area (Å²) in [4.78, 5) is 8.58. The summed E-state index contributed by atoms with van der Waals surface area (Å²) in [5.41, 5.74) is 1.04. The van der Waals surface area contributed by atoms with E-state index in [4.69, 9.17) is 11.6 Å². The topological polar surface area (TPSA) is 25.8 Å². The van der Waals surface area contributed by atoms with E-state index in [9.17, 15) is 0 Å². The van der Waals surface area contributed by atoms with Crippen molar-refractivity contribution in [2.75, 3.05) is 0 Å². The van der Waals surface area contributed by atoms with E-state index in [2.05, 4.69) is 30.7 Å². The fraction of sp³-hybridized carbons (Fsp3) is 0.400. The first-order chi connectivity index (χ1) is 6.47. The quantitative estimate of drug-likeness (QED) is 0.641. The van der Waals surface area contributed by atoms with Crippen LogP contribution in [0.15, 0.2) is 12.3 Å². The summed E-state index contributed by atoms with van der Waals surface area (Å²) in [5, 5.41) is 1.62. The number of thiazole rings is 1. The lowest BCUT2D eigenvalue weighted by Crippen LogP contribution is -2.09. The largest absolute Gasteiger partial charge is 0.243 e. The molecule has 74 valence electrons. The Balaban J connectivity index is 2.63. The molecule has 0 aromatic carbocycles. The first-order valence-electron chi connectivity index (χ1n) is 4.39. The van der Waals surface area contributed by atoms with Gasteiger partial charge in [0.1, 0.15) is 5.15 Å². The average Bonchev–Trinajstić information content (AvgIpc) is 2.45. The number of pyridine rings is 1. The molecule has 0 aliphatic heterocycles. The smallest absolute Gasteiger partial charge is 0.131 e. The monoisotopic (exact) mass is 226 g/mol. The van der Waals surface area contributed by atoms with Gasteiger partial charge in [-0.3, -0.25) is 0 Å². The highest BCUT2D eigenvalue weighted by Gasteiger charge is 2.18. The summed E-state index contributed by atoms with van der Waals surface area (Å²) in [6.07, 6.45) is 1.78. The van der Waals surface area contributed by atoms with Crippen LogP contribution in [0.5, 0.6) is 0 Å². The van der Waals surface area contributed by atoms with Crippen molar-refractivity contribution in [1.29, 1.82) is 0 Å². The Hall–Kier alpha value is -0.670. The van der Waals surface area contributed by atoms with Crippen LogP contribution in [0.2, 0.25) is 5.15 Å². The van der Waals surface area contributed by atoms with Gasteiger partial charge in [-0.15, -0.1) is 11.3 Å². The van der Waals surface area contributed by atoms with Crippen molar-refractivity contribution in [3.05, 3.63) is 22.4 Å². The number of halogens is 1. The van der Waals surface area contributed by atoms with E-state index in [1.54, 1.807) is 17.5 Å². The first-order valence-corrected chi connectivity index (χ1v) is 5.59. The van der Waals surface area contributed by atoms with Crippen molar-refractivity contribution in [3.8, 4) is 0 Å². The van der Waals surface area contributed by atoms with Crippen LogP contribution in [0.3, 0.4) is 0 Å². The van der Waals surface area contributed by atoms with Crippen LogP contribution in [0.25, 0.3) is 10.2 Å². The molecule has 0 radical (unpaired) electrons. The van der Waals surface area contributed by atoms with Gasteiger partial charge in [0.15, 0.2) is 0 Å². The van der Waals surface area contributed by atoms with Gasteiger partial charge in [-0.1, -0.05) is 32.4 Å². The molecule has 0 bridgehead atoms. The SMILES string of the molecule is CC(C)(C)c1nc2cc(Cl)ncc2s1. The van der Waals surface area contributed by atoms with Crippen LogP contribution in [0.1, 0.15) is 25.8 Å². The molecule has 0 N–H and O–H groups in total. The van der Waals surface area contributed by atoms with Crippen molar-refractivity contribution >= 4 is 33.2 Å². The summed E-state index contributed by atoms with van der Waals surface area (Å²) in [5.74, 6) is 0. The van der Waals surface area contributed by atoms with E-state index in [1.165, 1.54) is 0 Å². The van der Waals surface area contributed by atoms with Crippen LogP contribution in [-0.2, 0) is 5.41 Å². The predicted molar refractivity (Wildman–Crippen MR) is 61.1 cm³/mol. The van der Waals surface area contributed by atoms with Crippen molar-refractivity contribution < 1.29 is 0 Å². The highest BCUT2D eigenvalue weighted by molar-refractivity contribution is 7.18. The second-order valence-corrected chi connectivity index (χ2v) is 5.66. The van der Waals surface area contributed by atoms with Gasteiger partial charge in [0.05, 0.1) is 15.2 Å². The summed E-state index contributed by atoms with van der Waals surface area (Å²) in [6.45, 7) is 6.46. The van der Waals surface area contributed by atoms with Crippen molar-refractivity contribution in [2.24, 2.45) is 0 Å². The summed E-state index contributed by atoms with van der Waals surface area (Å²) in [7, 11) is 0. The van der Waals surface area contributed by atoms with E-state index in [1.807, 2.05) is 6.07 Å². The molecule has 0 saturated heterocycles. The Kier molecular flexibility index (Phi) is 2.24. The minimum absolute atomic E-state index is 0.0934. The Morgan fingerprint density at radius 1 is 1.36 bits per heavy atom. The van der Waals surface area contributed by atoms with Crippen LogP contribution in [0, 0.1) is 0 Å². The Bertz CT molecular complexity index is 470. The summed E-state index contributed by atoms with van der Waals surface area (Å²) >= 11 is 7.48. The predicted octanol–water partition coefficient (Wildman–Crippen LogP) is 3.64. The zero-order valence-corrected chi connectivity index (χ0v) is 9.91. The molecule has 0 amide bonds. The third-order valence-corrected chi connectivity index (χ3v) is 3.52. The van der Waals surface area contributed by atoms with Gasteiger partial charge in [0.2, 0.25) is 0 Å². The number of fused-ring (bicyclic) bond motifs is 1. The zero-order valence-electron chi connectivity index (χ0n) is 8.34. The van der Waals surface area contributed by atoms with Gasteiger partial charge in [0.25, 0.3) is 0 Å². The van der Waals surface area contributed by atoms with Crippen molar-refractivity contribution in [1.82, 2.24) is 9.97 Å². The fourth-order valence-corrected chi connectivity index (χ4v) is 2.26. The van der Waals surface area contributed by atoms with Crippen LogP contribution in [-0.4, -0.2) is 9.97 Å². The van der Waals surface area contributed by atoms with E-state index >= 15 is 0 Å². The van der Waals surface area contributed by atoms with E-state index in [0.29, 0.717) is 5.15 Å². The minimum Gasteiger partial charge on any atom is -0.243 e. The number of nitrogens with zero attached hydrogens (tertiary/aromatic N) is 2. The molecule has 2 rings (SSSR count). The molecule has 0 aliphatic rings. The second-order valence-electron chi connectivity index (χ2n) is 4.24. The first kappa shape index (κ1) is 9.87. The number of rotatable bonds is 0. The molecular formula is C10H11ClN2S. The Morgan fingerprint density at radius 3 is 2.71 bits per heavy atom. The maximum absolute atomic E-state index is 5.80. The Morgan fingerprint density at radius 2 is 2.07 bits per heavy atom. The van der Waals surface area contributed by atoms with Gasteiger partial charge in [0, 0.05) is 17.7 Å². The summed E-state index contributed by atoms with van der Waals surface area (Å²) < 4.78 is 1.10. The maximum atomic E-state index is 5.80. The normalized spacial score (nSPS) is 12.3. The van der Waals surface area contributed by atoms with E-state index < -0.39 is 0 Å².